The molecule has 0 radical (unpaired) electrons. The van der Waals surface area contributed by atoms with E-state index < -0.39 is 0 Å². The molecule has 2 atom stereocenters. The second kappa shape index (κ2) is 6.28. The van der Waals surface area contributed by atoms with Crippen molar-refractivity contribution < 1.29 is 14.2 Å². The molecule has 2 aliphatic heterocycles. The van der Waals surface area contributed by atoms with Crippen LogP contribution in [0.15, 0.2) is 60.7 Å². The average Bonchev–Trinajstić information content (AvgIpc) is 3.49. The lowest BCUT2D eigenvalue weighted by atomic mass is 9.78. The molecule has 5 rings (SSSR count). The summed E-state index contributed by atoms with van der Waals surface area (Å²) in [7, 11) is 0. The Kier molecular flexibility index (Phi) is 3.87. The van der Waals surface area contributed by atoms with Gasteiger partial charge in [0.1, 0.15) is 29.8 Å². The Morgan fingerprint density at radius 1 is 1.00 bits per heavy atom. The van der Waals surface area contributed by atoms with E-state index in [2.05, 4.69) is 68.4 Å². The first-order valence-corrected chi connectivity index (χ1v) is 9.64. The molecule has 3 aromatic carbocycles. The van der Waals surface area contributed by atoms with Gasteiger partial charge in [-0.2, -0.15) is 0 Å². The van der Waals surface area contributed by atoms with Gasteiger partial charge in [-0.05, 0) is 42.7 Å². The van der Waals surface area contributed by atoms with Crippen LogP contribution < -0.4 is 9.47 Å². The van der Waals surface area contributed by atoms with Crippen molar-refractivity contribution in [3.63, 3.8) is 0 Å². The molecule has 2 heterocycles. The van der Waals surface area contributed by atoms with Gasteiger partial charge in [0.2, 0.25) is 0 Å². The van der Waals surface area contributed by atoms with Crippen molar-refractivity contribution in [2.24, 2.45) is 0 Å². The lowest BCUT2D eigenvalue weighted by Crippen LogP contribution is -2.35. The van der Waals surface area contributed by atoms with Gasteiger partial charge in [0.25, 0.3) is 0 Å². The van der Waals surface area contributed by atoms with Gasteiger partial charge in [0.15, 0.2) is 0 Å². The molecule has 0 saturated carbocycles. The maximum absolute atomic E-state index is 6.33. The Hall–Kier alpha value is -2.52. The van der Waals surface area contributed by atoms with E-state index in [1.807, 2.05) is 6.07 Å². The molecular weight excluding hydrogens is 336 g/mol. The quantitative estimate of drug-likeness (QED) is 0.591. The molecule has 0 N–H and O–H groups in total. The van der Waals surface area contributed by atoms with Crippen LogP contribution in [0.5, 0.6) is 11.5 Å². The zero-order chi connectivity index (χ0) is 18.4. The van der Waals surface area contributed by atoms with E-state index in [0.717, 1.165) is 24.5 Å². The minimum Gasteiger partial charge on any atom is -0.491 e. The van der Waals surface area contributed by atoms with Gasteiger partial charge >= 0.3 is 0 Å². The molecule has 1 saturated heterocycles. The third-order valence-electron chi connectivity index (χ3n) is 5.48. The van der Waals surface area contributed by atoms with Gasteiger partial charge in [-0.25, -0.2) is 0 Å². The van der Waals surface area contributed by atoms with E-state index in [1.165, 1.54) is 21.9 Å². The Balaban J connectivity index is 1.57. The maximum Gasteiger partial charge on any atom is 0.127 e. The fourth-order valence-electron chi connectivity index (χ4n) is 4.11. The summed E-state index contributed by atoms with van der Waals surface area (Å²) in [5.41, 5.74) is 2.37. The summed E-state index contributed by atoms with van der Waals surface area (Å²) in [4.78, 5) is 0. The van der Waals surface area contributed by atoms with E-state index in [4.69, 9.17) is 14.2 Å². The van der Waals surface area contributed by atoms with Crippen molar-refractivity contribution >= 4 is 10.8 Å². The van der Waals surface area contributed by atoms with E-state index in [0.29, 0.717) is 12.5 Å². The Labute approximate surface area is 159 Å². The van der Waals surface area contributed by atoms with E-state index >= 15 is 0 Å². The van der Waals surface area contributed by atoms with Crippen LogP contribution in [-0.4, -0.2) is 24.9 Å². The van der Waals surface area contributed by atoms with Crippen molar-refractivity contribution in [1.82, 2.24) is 0 Å². The van der Waals surface area contributed by atoms with Crippen molar-refractivity contribution in [3.05, 3.63) is 71.8 Å². The predicted octanol–water partition coefficient (Wildman–Crippen LogP) is 5.31. The average molecular weight is 360 g/mol. The van der Waals surface area contributed by atoms with Crippen LogP contribution in [0.2, 0.25) is 0 Å². The summed E-state index contributed by atoms with van der Waals surface area (Å²) < 4.78 is 17.4. The molecule has 3 aromatic rings. The molecule has 0 aromatic heterocycles. The second-order valence-corrected chi connectivity index (χ2v) is 8.15. The van der Waals surface area contributed by atoms with Gasteiger partial charge in [-0.1, -0.05) is 48.5 Å². The number of rotatable bonds is 4. The predicted molar refractivity (Wildman–Crippen MR) is 107 cm³/mol. The number of hydrogen-bond donors (Lipinski definition) is 0. The lowest BCUT2D eigenvalue weighted by molar-refractivity contribution is 0.0771. The smallest absolute Gasteiger partial charge is 0.127 e. The minimum absolute atomic E-state index is 0.229. The molecule has 0 bridgehead atoms. The molecule has 0 amide bonds. The zero-order valence-corrected chi connectivity index (χ0v) is 15.8. The van der Waals surface area contributed by atoms with Crippen LogP contribution in [0.25, 0.3) is 10.8 Å². The summed E-state index contributed by atoms with van der Waals surface area (Å²) in [6.07, 6.45) is 1.20. The number of epoxide rings is 1. The van der Waals surface area contributed by atoms with E-state index in [-0.39, 0.29) is 11.7 Å². The molecule has 27 heavy (non-hydrogen) atoms. The Morgan fingerprint density at radius 3 is 2.67 bits per heavy atom. The number of ether oxygens (including phenoxy) is 3. The summed E-state index contributed by atoms with van der Waals surface area (Å²) in [6.45, 7) is 5.74. The monoisotopic (exact) mass is 360 g/mol. The highest BCUT2D eigenvalue weighted by atomic mass is 16.6. The first-order valence-electron chi connectivity index (χ1n) is 9.64. The fourth-order valence-corrected chi connectivity index (χ4v) is 4.11. The highest BCUT2D eigenvalue weighted by Crippen LogP contribution is 2.46. The van der Waals surface area contributed by atoms with E-state index in [9.17, 15) is 0 Å². The van der Waals surface area contributed by atoms with Crippen LogP contribution in [0, 0.1) is 0 Å². The minimum atomic E-state index is -0.229. The zero-order valence-electron chi connectivity index (χ0n) is 15.8. The molecular formula is C24H24O3. The van der Waals surface area contributed by atoms with Gasteiger partial charge in [0, 0.05) is 17.5 Å². The highest BCUT2D eigenvalue weighted by molar-refractivity contribution is 5.86. The van der Waals surface area contributed by atoms with Gasteiger partial charge in [-0.3, -0.25) is 0 Å². The summed E-state index contributed by atoms with van der Waals surface area (Å²) in [6, 6.07) is 21.5. The standard InChI is InChI=1S/C24H24O3/c1-24(2)13-22(20-9-5-7-16-6-3-4-8-19(16)20)21-11-10-17(12-23(21)27-24)25-14-18-15-26-18/h3-12,18,22H,13-15H2,1-2H3. The number of fused-ring (bicyclic) bond motifs is 2. The third kappa shape index (κ3) is 3.28. The fraction of sp³-hybridized carbons (Fsp3) is 0.333. The van der Waals surface area contributed by atoms with Crippen molar-refractivity contribution in [1.29, 1.82) is 0 Å². The van der Waals surface area contributed by atoms with Crippen LogP contribution in [0.3, 0.4) is 0 Å². The molecule has 3 heteroatoms. The molecule has 0 aliphatic carbocycles. The van der Waals surface area contributed by atoms with Gasteiger partial charge in [0.05, 0.1) is 6.61 Å². The van der Waals surface area contributed by atoms with E-state index in [1.54, 1.807) is 0 Å². The molecule has 2 aliphatic rings. The summed E-state index contributed by atoms with van der Waals surface area (Å²) >= 11 is 0. The maximum atomic E-state index is 6.33. The largest absolute Gasteiger partial charge is 0.491 e. The van der Waals surface area contributed by atoms with Crippen LogP contribution in [-0.2, 0) is 4.74 Å². The Bertz CT molecular complexity index is 983. The number of benzene rings is 3. The molecule has 2 unspecified atom stereocenters. The van der Waals surface area contributed by atoms with Crippen LogP contribution >= 0.6 is 0 Å². The normalized spacial score (nSPS) is 22.7. The summed E-state index contributed by atoms with van der Waals surface area (Å²) in [5.74, 6) is 2.08. The topological polar surface area (TPSA) is 31.0 Å². The molecule has 0 spiro atoms. The highest BCUT2D eigenvalue weighted by Gasteiger charge is 2.35. The lowest BCUT2D eigenvalue weighted by Gasteiger charge is -2.38. The van der Waals surface area contributed by atoms with Crippen LogP contribution in [0.4, 0.5) is 0 Å². The first-order chi connectivity index (χ1) is 13.1. The third-order valence-corrected chi connectivity index (χ3v) is 5.48. The number of hydrogen-bond acceptors (Lipinski definition) is 3. The SMILES string of the molecule is CC1(C)CC(c2cccc3ccccc23)c2ccc(OCC3CO3)cc2O1. The molecule has 3 nitrogen and oxygen atoms in total. The Morgan fingerprint density at radius 2 is 1.81 bits per heavy atom. The van der Waals surface area contributed by atoms with Crippen molar-refractivity contribution in [2.45, 2.75) is 37.9 Å². The summed E-state index contributed by atoms with van der Waals surface area (Å²) in [5, 5.41) is 2.60. The molecule has 1 fully saturated rings. The molecule has 138 valence electrons. The van der Waals surface area contributed by atoms with Gasteiger partial charge in [-0.15, -0.1) is 0 Å². The van der Waals surface area contributed by atoms with Gasteiger partial charge < -0.3 is 14.2 Å². The van der Waals surface area contributed by atoms with Crippen molar-refractivity contribution in [2.75, 3.05) is 13.2 Å². The first kappa shape index (κ1) is 16.6. The van der Waals surface area contributed by atoms with Crippen molar-refractivity contribution in [3.8, 4) is 11.5 Å². The van der Waals surface area contributed by atoms with Crippen LogP contribution in [0.1, 0.15) is 37.3 Å². The second-order valence-electron chi connectivity index (χ2n) is 8.15.